The summed E-state index contributed by atoms with van der Waals surface area (Å²) in [6.45, 7) is 1.68. The number of amides is 1. The summed E-state index contributed by atoms with van der Waals surface area (Å²) in [5.41, 5.74) is 6.82. The number of piperidine rings is 1. The summed E-state index contributed by atoms with van der Waals surface area (Å²) in [6.07, 6.45) is 1.69. The smallest absolute Gasteiger partial charge is 0.410 e. The number of likely N-dealkylation sites (tertiary alicyclic amines) is 1. The summed E-state index contributed by atoms with van der Waals surface area (Å²) in [5.74, 6) is 0. The molecule has 0 radical (unpaired) electrons. The second-order valence-corrected chi connectivity index (χ2v) is 4.39. The van der Waals surface area contributed by atoms with Crippen molar-refractivity contribution in [3.05, 3.63) is 35.9 Å². The normalized spacial score (nSPS) is 18.9. The topological polar surface area (TPSA) is 55.6 Å². The van der Waals surface area contributed by atoms with Crippen LogP contribution in [-0.2, 0) is 11.3 Å². The molecule has 18 heavy (non-hydrogen) atoms. The van der Waals surface area contributed by atoms with Crippen LogP contribution >= 0.6 is 0 Å². The van der Waals surface area contributed by atoms with Gasteiger partial charge in [-0.15, -0.1) is 0 Å². The lowest BCUT2D eigenvalue weighted by molar-refractivity contribution is -0.0000108. The molecule has 2 rings (SSSR count). The van der Waals surface area contributed by atoms with Gasteiger partial charge >= 0.3 is 6.09 Å². The van der Waals surface area contributed by atoms with Gasteiger partial charge in [0.2, 0.25) is 0 Å². The Balaban J connectivity index is 0.00000162. The molecule has 4 nitrogen and oxygen atoms in total. The Morgan fingerprint density at radius 2 is 2.11 bits per heavy atom. The van der Waals surface area contributed by atoms with Crippen molar-refractivity contribution >= 4 is 6.09 Å². The number of benzene rings is 1. The Kier molecular flexibility index (Phi) is 5.95. The van der Waals surface area contributed by atoms with Gasteiger partial charge in [0, 0.05) is 19.1 Å². The SMILES string of the molecule is NC1CCCN(C(=O)OCc2ccccc2)C1.[Cl-]. The fraction of sp³-hybridized carbons (Fsp3) is 0.462. The fourth-order valence-electron chi connectivity index (χ4n) is 1.99. The zero-order valence-corrected chi connectivity index (χ0v) is 11.0. The van der Waals surface area contributed by atoms with Crippen LogP contribution in [0.15, 0.2) is 30.3 Å². The van der Waals surface area contributed by atoms with E-state index in [0.29, 0.717) is 13.2 Å². The first-order valence-electron chi connectivity index (χ1n) is 5.97. The number of carbonyl (C=O) groups is 1. The van der Waals surface area contributed by atoms with Gasteiger partial charge < -0.3 is 27.8 Å². The first-order chi connectivity index (χ1) is 8.25. The van der Waals surface area contributed by atoms with E-state index in [1.54, 1.807) is 4.90 Å². The van der Waals surface area contributed by atoms with Gasteiger partial charge in [0.15, 0.2) is 0 Å². The summed E-state index contributed by atoms with van der Waals surface area (Å²) in [5, 5.41) is 0. The summed E-state index contributed by atoms with van der Waals surface area (Å²) in [4.78, 5) is 13.5. The number of nitrogens with two attached hydrogens (primary N) is 1. The number of ether oxygens (including phenoxy) is 1. The molecule has 0 spiro atoms. The Hall–Kier alpha value is -1.26. The number of hydrogen-bond donors (Lipinski definition) is 1. The fourth-order valence-corrected chi connectivity index (χ4v) is 1.99. The molecule has 100 valence electrons. The van der Waals surface area contributed by atoms with Crippen LogP contribution in [0.3, 0.4) is 0 Å². The molecule has 1 saturated heterocycles. The highest BCUT2D eigenvalue weighted by Gasteiger charge is 2.22. The maximum Gasteiger partial charge on any atom is 0.410 e. The molecule has 1 aromatic carbocycles. The van der Waals surface area contributed by atoms with Gasteiger partial charge in [-0.1, -0.05) is 30.3 Å². The van der Waals surface area contributed by atoms with Crippen molar-refractivity contribution in [3.8, 4) is 0 Å². The zero-order chi connectivity index (χ0) is 12.1. The van der Waals surface area contributed by atoms with Gasteiger partial charge in [-0.05, 0) is 18.4 Å². The van der Waals surface area contributed by atoms with Crippen molar-refractivity contribution < 1.29 is 21.9 Å². The van der Waals surface area contributed by atoms with Crippen LogP contribution in [0.2, 0.25) is 0 Å². The van der Waals surface area contributed by atoms with Gasteiger partial charge in [0.1, 0.15) is 6.61 Å². The number of hydrogen-bond acceptors (Lipinski definition) is 3. The molecule has 0 aliphatic carbocycles. The second kappa shape index (κ2) is 7.24. The van der Waals surface area contributed by atoms with E-state index in [4.69, 9.17) is 10.5 Å². The van der Waals surface area contributed by atoms with Gasteiger partial charge in [-0.25, -0.2) is 4.79 Å². The number of carbonyl (C=O) groups excluding carboxylic acids is 1. The van der Waals surface area contributed by atoms with Crippen molar-refractivity contribution in [2.24, 2.45) is 5.73 Å². The van der Waals surface area contributed by atoms with Gasteiger partial charge in [0.05, 0.1) is 0 Å². The molecule has 1 atom stereocenters. The van der Waals surface area contributed by atoms with E-state index in [2.05, 4.69) is 0 Å². The predicted molar refractivity (Wildman–Crippen MR) is 65.4 cm³/mol. The molecule has 5 heteroatoms. The molecule has 1 unspecified atom stereocenters. The van der Waals surface area contributed by atoms with Crippen molar-refractivity contribution in [3.63, 3.8) is 0 Å². The molecule has 1 aliphatic rings. The average molecular weight is 270 g/mol. The highest BCUT2D eigenvalue weighted by molar-refractivity contribution is 5.67. The summed E-state index contributed by atoms with van der Waals surface area (Å²) < 4.78 is 5.25. The molecule has 1 aliphatic heterocycles. The van der Waals surface area contributed by atoms with Gasteiger partial charge in [0.25, 0.3) is 0 Å². The Labute approximate surface area is 114 Å². The highest BCUT2D eigenvalue weighted by atomic mass is 35.5. The molecule has 0 aromatic heterocycles. The molecular weight excluding hydrogens is 252 g/mol. The van der Waals surface area contributed by atoms with Crippen molar-refractivity contribution in [1.82, 2.24) is 4.90 Å². The first-order valence-corrected chi connectivity index (χ1v) is 5.97. The third-order valence-electron chi connectivity index (χ3n) is 2.92. The van der Waals surface area contributed by atoms with E-state index in [9.17, 15) is 4.79 Å². The third-order valence-corrected chi connectivity index (χ3v) is 2.92. The molecule has 1 amide bonds. The molecule has 2 N–H and O–H groups in total. The van der Waals surface area contributed by atoms with Crippen LogP contribution in [0, 0.1) is 0 Å². The van der Waals surface area contributed by atoms with Crippen molar-refractivity contribution in [2.45, 2.75) is 25.5 Å². The molecule has 0 bridgehead atoms. The lowest BCUT2D eigenvalue weighted by Gasteiger charge is -2.29. The van der Waals surface area contributed by atoms with Crippen LogP contribution in [-0.4, -0.2) is 30.1 Å². The largest absolute Gasteiger partial charge is 1.00 e. The van der Waals surface area contributed by atoms with Crippen molar-refractivity contribution in [1.29, 1.82) is 0 Å². The van der Waals surface area contributed by atoms with Crippen LogP contribution < -0.4 is 18.1 Å². The van der Waals surface area contributed by atoms with Gasteiger partial charge in [-0.3, -0.25) is 0 Å². The first kappa shape index (κ1) is 14.8. The van der Waals surface area contributed by atoms with Crippen molar-refractivity contribution in [2.75, 3.05) is 13.1 Å². The summed E-state index contributed by atoms with van der Waals surface area (Å²) >= 11 is 0. The van der Waals surface area contributed by atoms with Crippen LogP contribution in [0.5, 0.6) is 0 Å². The summed E-state index contributed by atoms with van der Waals surface area (Å²) in [7, 11) is 0. The van der Waals surface area contributed by atoms with Crippen LogP contribution in [0.25, 0.3) is 0 Å². The standard InChI is InChI=1S/C13H18N2O2.ClH/c14-12-7-4-8-15(9-12)13(16)17-10-11-5-2-1-3-6-11;/h1-3,5-6,12H,4,7-10,14H2;1H/p-1. The lowest BCUT2D eigenvalue weighted by atomic mass is 10.1. The van der Waals surface area contributed by atoms with Gasteiger partial charge in [-0.2, -0.15) is 0 Å². The monoisotopic (exact) mass is 269 g/mol. The second-order valence-electron chi connectivity index (χ2n) is 4.39. The Bertz CT molecular complexity index is 373. The van der Waals surface area contributed by atoms with E-state index in [1.165, 1.54) is 0 Å². The number of nitrogens with zero attached hydrogens (tertiary/aromatic N) is 1. The Morgan fingerprint density at radius 1 is 1.39 bits per heavy atom. The van der Waals surface area contributed by atoms with E-state index < -0.39 is 0 Å². The molecular formula is C13H18ClN2O2-. The molecule has 1 fully saturated rings. The van der Waals surface area contributed by atoms with E-state index in [1.807, 2.05) is 30.3 Å². The average Bonchev–Trinajstić information content (AvgIpc) is 2.37. The minimum atomic E-state index is -0.260. The molecule has 0 saturated carbocycles. The molecule has 1 aromatic rings. The maximum atomic E-state index is 11.8. The van der Waals surface area contributed by atoms with Crippen LogP contribution in [0.4, 0.5) is 4.79 Å². The number of halogens is 1. The quantitative estimate of drug-likeness (QED) is 0.730. The highest BCUT2D eigenvalue weighted by Crippen LogP contribution is 2.10. The predicted octanol–water partition coefficient (Wildman–Crippen LogP) is -1.25. The van der Waals surface area contributed by atoms with E-state index >= 15 is 0 Å². The third kappa shape index (κ3) is 4.20. The number of rotatable bonds is 2. The maximum absolute atomic E-state index is 11.8. The Morgan fingerprint density at radius 3 is 2.78 bits per heavy atom. The summed E-state index contributed by atoms with van der Waals surface area (Å²) in [6, 6.07) is 9.77. The minimum Gasteiger partial charge on any atom is -1.00 e. The zero-order valence-electron chi connectivity index (χ0n) is 10.2. The molecule has 1 heterocycles. The van der Waals surface area contributed by atoms with E-state index in [-0.39, 0.29) is 24.5 Å². The van der Waals surface area contributed by atoms with Crippen LogP contribution in [0.1, 0.15) is 18.4 Å². The minimum absolute atomic E-state index is 0. The lowest BCUT2D eigenvalue weighted by Crippen LogP contribution is -3.00. The van der Waals surface area contributed by atoms with E-state index in [0.717, 1.165) is 24.9 Å².